The van der Waals surface area contributed by atoms with Crippen LogP contribution >= 0.6 is 0 Å². The Morgan fingerprint density at radius 1 is 1.35 bits per heavy atom. The van der Waals surface area contributed by atoms with Gasteiger partial charge in [0, 0.05) is 19.5 Å². The summed E-state index contributed by atoms with van der Waals surface area (Å²) in [6.07, 6.45) is 1.20. The van der Waals surface area contributed by atoms with E-state index in [2.05, 4.69) is 0 Å². The van der Waals surface area contributed by atoms with Gasteiger partial charge in [-0.25, -0.2) is 8.42 Å². The van der Waals surface area contributed by atoms with Gasteiger partial charge in [-0.3, -0.25) is 9.59 Å². The van der Waals surface area contributed by atoms with Crippen LogP contribution in [0.4, 0.5) is 0 Å². The van der Waals surface area contributed by atoms with E-state index in [1.54, 1.807) is 0 Å². The minimum Gasteiger partial charge on any atom is -0.492 e. The van der Waals surface area contributed by atoms with Gasteiger partial charge in [-0.15, -0.1) is 0 Å². The number of carbonyl (C=O) groups is 2. The standard InChI is InChI=1S/C15H17NO6S/c17-13-5-7-22-14-4-3-11(8-12(13)14)23(20,21)16-6-1-2-10(9-16)15(18)19/h3-4,8,10H,1-2,5-7,9H2,(H,18,19). The molecule has 0 bridgehead atoms. The lowest BCUT2D eigenvalue weighted by atomic mass is 10.0. The molecule has 2 aliphatic rings. The largest absolute Gasteiger partial charge is 0.492 e. The number of ketones is 1. The van der Waals surface area contributed by atoms with E-state index in [0.717, 1.165) is 0 Å². The van der Waals surface area contributed by atoms with Gasteiger partial charge in [-0.05, 0) is 31.0 Å². The summed E-state index contributed by atoms with van der Waals surface area (Å²) in [7, 11) is -3.82. The number of Topliss-reactive ketones (excluding diaryl/α,β-unsaturated/α-hetero) is 1. The van der Waals surface area contributed by atoms with Gasteiger partial charge < -0.3 is 9.84 Å². The molecular weight excluding hydrogens is 322 g/mol. The molecule has 0 radical (unpaired) electrons. The van der Waals surface area contributed by atoms with Gasteiger partial charge in [0.15, 0.2) is 5.78 Å². The Hall–Kier alpha value is -1.93. The number of ether oxygens (including phenoxy) is 1. The molecule has 2 aliphatic heterocycles. The average Bonchev–Trinajstić information content (AvgIpc) is 2.55. The van der Waals surface area contributed by atoms with Crippen LogP contribution in [0.25, 0.3) is 0 Å². The van der Waals surface area contributed by atoms with Crippen molar-refractivity contribution >= 4 is 21.8 Å². The molecule has 1 aromatic carbocycles. The van der Waals surface area contributed by atoms with Gasteiger partial charge in [-0.2, -0.15) is 4.31 Å². The summed E-state index contributed by atoms with van der Waals surface area (Å²) in [4.78, 5) is 23.0. The fraction of sp³-hybridized carbons (Fsp3) is 0.467. The van der Waals surface area contributed by atoms with Crippen LogP contribution in [0.15, 0.2) is 23.1 Å². The minimum absolute atomic E-state index is 0.00105. The third-order valence-corrected chi connectivity index (χ3v) is 6.07. The van der Waals surface area contributed by atoms with E-state index in [1.807, 2.05) is 0 Å². The SMILES string of the molecule is O=C1CCOc2ccc(S(=O)(=O)N3CCCC(C(=O)O)C3)cc21. The van der Waals surface area contributed by atoms with E-state index < -0.39 is 21.9 Å². The van der Waals surface area contributed by atoms with Crippen molar-refractivity contribution in [3.8, 4) is 5.75 Å². The Kier molecular flexibility index (Phi) is 4.11. The number of hydrogen-bond acceptors (Lipinski definition) is 5. The first-order valence-electron chi connectivity index (χ1n) is 7.42. The van der Waals surface area contributed by atoms with Gasteiger partial charge in [0.25, 0.3) is 0 Å². The molecule has 1 fully saturated rings. The van der Waals surface area contributed by atoms with E-state index in [-0.39, 0.29) is 35.8 Å². The maximum absolute atomic E-state index is 12.7. The fourth-order valence-electron chi connectivity index (χ4n) is 2.91. The van der Waals surface area contributed by atoms with Crippen LogP contribution in [0.2, 0.25) is 0 Å². The van der Waals surface area contributed by atoms with E-state index >= 15 is 0 Å². The number of aliphatic carboxylic acids is 1. The van der Waals surface area contributed by atoms with Crippen molar-refractivity contribution in [3.05, 3.63) is 23.8 Å². The summed E-state index contributed by atoms with van der Waals surface area (Å²) in [6, 6.07) is 4.21. The molecule has 23 heavy (non-hydrogen) atoms. The molecule has 1 unspecified atom stereocenters. The second-order valence-corrected chi connectivity index (χ2v) is 7.66. The molecular formula is C15H17NO6S. The molecule has 1 N–H and O–H groups in total. The molecule has 8 heteroatoms. The molecule has 0 aliphatic carbocycles. The summed E-state index contributed by atoms with van der Waals surface area (Å²) in [6.45, 7) is 0.539. The number of fused-ring (bicyclic) bond motifs is 1. The third kappa shape index (κ3) is 2.96. The lowest BCUT2D eigenvalue weighted by molar-refractivity contribution is -0.142. The average molecular weight is 339 g/mol. The highest BCUT2D eigenvalue weighted by Gasteiger charge is 2.34. The van der Waals surface area contributed by atoms with Gasteiger partial charge >= 0.3 is 5.97 Å². The highest BCUT2D eigenvalue weighted by atomic mass is 32.2. The quantitative estimate of drug-likeness (QED) is 0.886. The number of benzene rings is 1. The van der Waals surface area contributed by atoms with Gasteiger partial charge in [0.1, 0.15) is 5.75 Å². The zero-order valence-electron chi connectivity index (χ0n) is 12.4. The van der Waals surface area contributed by atoms with Crippen LogP contribution in [-0.4, -0.2) is 49.3 Å². The van der Waals surface area contributed by atoms with Crippen LogP contribution in [-0.2, 0) is 14.8 Å². The summed E-state index contributed by atoms with van der Waals surface area (Å²) in [5.41, 5.74) is 0.268. The topological polar surface area (TPSA) is 101 Å². The first-order valence-corrected chi connectivity index (χ1v) is 8.86. The van der Waals surface area contributed by atoms with Crippen molar-refractivity contribution in [1.29, 1.82) is 0 Å². The fourth-order valence-corrected chi connectivity index (χ4v) is 4.46. The molecule has 0 spiro atoms. The lowest BCUT2D eigenvalue weighted by Crippen LogP contribution is -2.42. The van der Waals surface area contributed by atoms with Crippen LogP contribution in [0.3, 0.4) is 0 Å². The number of piperidine rings is 1. The predicted octanol–water partition coefficient (Wildman–Crippen LogP) is 1.14. The summed E-state index contributed by atoms with van der Waals surface area (Å²) in [5.74, 6) is -1.44. The summed E-state index contributed by atoms with van der Waals surface area (Å²) in [5, 5.41) is 9.10. The monoisotopic (exact) mass is 339 g/mol. The number of carbonyl (C=O) groups excluding carboxylic acids is 1. The number of carboxylic acids is 1. The first-order chi connectivity index (χ1) is 10.9. The number of nitrogens with zero attached hydrogens (tertiary/aromatic N) is 1. The summed E-state index contributed by atoms with van der Waals surface area (Å²) < 4.78 is 32.0. The zero-order chi connectivity index (χ0) is 16.6. The number of rotatable bonds is 3. The molecule has 1 aromatic rings. The molecule has 3 rings (SSSR count). The maximum atomic E-state index is 12.7. The Morgan fingerprint density at radius 3 is 2.87 bits per heavy atom. The number of sulfonamides is 1. The molecule has 0 saturated carbocycles. The van der Waals surface area contributed by atoms with Gasteiger partial charge in [0.05, 0.1) is 23.0 Å². The molecule has 124 valence electrons. The Labute approximate surface area is 133 Å². The van der Waals surface area contributed by atoms with Crippen molar-refractivity contribution in [1.82, 2.24) is 4.31 Å². The molecule has 1 atom stereocenters. The number of hydrogen-bond donors (Lipinski definition) is 1. The van der Waals surface area contributed by atoms with Crippen molar-refractivity contribution in [2.75, 3.05) is 19.7 Å². The summed E-state index contributed by atoms with van der Waals surface area (Å²) >= 11 is 0. The third-order valence-electron chi connectivity index (χ3n) is 4.21. The first kappa shape index (κ1) is 15.9. The Balaban J connectivity index is 1.92. The lowest BCUT2D eigenvalue weighted by Gasteiger charge is -2.30. The van der Waals surface area contributed by atoms with Crippen molar-refractivity contribution < 1.29 is 27.9 Å². The molecule has 0 amide bonds. The van der Waals surface area contributed by atoms with E-state index in [1.165, 1.54) is 22.5 Å². The Bertz CT molecular complexity index is 757. The van der Waals surface area contributed by atoms with Gasteiger partial charge in [-0.1, -0.05) is 0 Å². The van der Waals surface area contributed by atoms with Gasteiger partial charge in [0.2, 0.25) is 10.0 Å². The van der Waals surface area contributed by atoms with Crippen molar-refractivity contribution in [3.63, 3.8) is 0 Å². The van der Waals surface area contributed by atoms with E-state index in [9.17, 15) is 18.0 Å². The smallest absolute Gasteiger partial charge is 0.307 e. The van der Waals surface area contributed by atoms with Crippen LogP contribution in [0, 0.1) is 5.92 Å². The van der Waals surface area contributed by atoms with Crippen LogP contribution < -0.4 is 4.74 Å². The predicted molar refractivity (Wildman–Crippen MR) is 80.0 cm³/mol. The molecule has 2 heterocycles. The van der Waals surface area contributed by atoms with Crippen molar-refractivity contribution in [2.45, 2.75) is 24.2 Å². The number of carboxylic acid groups (broad SMARTS) is 1. The van der Waals surface area contributed by atoms with E-state index in [0.29, 0.717) is 25.2 Å². The zero-order valence-corrected chi connectivity index (χ0v) is 13.2. The highest BCUT2D eigenvalue weighted by Crippen LogP contribution is 2.30. The normalized spacial score (nSPS) is 22.3. The second-order valence-electron chi connectivity index (χ2n) is 5.72. The molecule has 1 saturated heterocycles. The highest BCUT2D eigenvalue weighted by molar-refractivity contribution is 7.89. The van der Waals surface area contributed by atoms with Crippen molar-refractivity contribution in [2.24, 2.45) is 5.92 Å². The second kappa shape index (κ2) is 5.93. The molecule has 7 nitrogen and oxygen atoms in total. The van der Waals surface area contributed by atoms with E-state index in [4.69, 9.17) is 9.84 Å². The minimum atomic E-state index is -3.82. The van der Waals surface area contributed by atoms with Crippen LogP contribution in [0.5, 0.6) is 5.75 Å². The van der Waals surface area contributed by atoms with Crippen LogP contribution in [0.1, 0.15) is 29.6 Å². The maximum Gasteiger partial charge on any atom is 0.307 e. The molecule has 0 aromatic heterocycles. The Morgan fingerprint density at radius 2 is 2.13 bits per heavy atom.